The summed E-state index contributed by atoms with van der Waals surface area (Å²) in [6, 6.07) is 7.06. The van der Waals surface area contributed by atoms with Gasteiger partial charge in [0, 0.05) is 12.8 Å². The van der Waals surface area contributed by atoms with Crippen molar-refractivity contribution in [3.63, 3.8) is 0 Å². The summed E-state index contributed by atoms with van der Waals surface area (Å²) in [6.07, 6.45) is 5.94. The zero-order valence-electron chi connectivity index (χ0n) is 10.6. The van der Waals surface area contributed by atoms with E-state index >= 15 is 0 Å². The predicted octanol–water partition coefficient (Wildman–Crippen LogP) is 3.08. The van der Waals surface area contributed by atoms with Crippen LogP contribution in [0.3, 0.4) is 0 Å². The highest BCUT2D eigenvalue weighted by atomic mass is 32.2. The van der Waals surface area contributed by atoms with E-state index in [9.17, 15) is 8.42 Å². The maximum absolute atomic E-state index is 11.5. The van der Waals surface area contributed by atoms with Crippen molar-refractivity contribution in [3.8, 4) is 0 Å². The molecule has 3 nitrogen and oxygen atoms in total. The fraction of sp³-hybridized carbons (Fsp3) is 0.538. The quantitative estimate of drug-likeness (QED) is 0.762. The molecule has 0 saturated heterocycles. The number of anilines is 1. The van der Waals surface area contributed by atoms with Gasteiger partial charge in [-0.15, -0.1) is 0 Å². The molecule has 0 aliphatic carbocycles. The number of unbranched alkanes of at least 4 members (excludes halogenated alkanes) is 3. The minimum atomic E-state index is -3.14. The number of hydrogen-bond donors (Lipinski definition) is 1. The summed E-state index contributed by atoms with van der Waals surface area (Å²) in [5, 5.41) is 3.20. The molecule has 0 radical (unpaired) electrons. The first-order chi connectivity index (χ1) is 8.05. The van der Waals surface area contributed by atoms with Gasteiger partial charge in [-0.2, -0.15) is 0 Å². The van der Waals surface area contributed by atoms with Crippen molar-refractivity contribution in [2.24, 2.45) is 0 Å². The largest absolute Gasteiger partial charge is 0.384 e. The first-order valence-corrected chi connectivity index (χ1v) is 7.98. The lowest BCUT2D eigenvalue weighted by Crippen LogP contribution is -2.07. The number of benzene rings is 1. The van der Waals surface area contributed by atoms with Gasteiger partial charge in [0.15, 0.2) is 9.84 Å². The zero-order chi connectivity index (χ0) is 12.7. The molecule has 1 aromatic rings. The van der Waals surface area contributed by atoms with Crippen LogP contribution in [-0.2, 0) is 9.84 Å². The van der Waals surface area contributed by atoms with Gasteiger partial charge in [0.25, 0.3) is 0 Å². The van der Waals surface area contributed by atoms with E-state index in [-0.39, 0.29) is 0 Å². The van der Waals surface area contributed by atoms with Crippen LogP contribution < -0.4 is 5.32 Å². The molecule has 1 aromatic carbocycles. The first kappa shape index (κ1) is 14.0. The number of hydrogen-bond acceptors (Lipinski definition) is 3. The van der Waals surface area contributed by atoms with Gasteiger partial charge in [0.2, 0.25) is 0 Å². The normalized spacial score (nSPS) is 11.4. The molecule has 0 unspecified atom stereocenters. The molecule has 1 rings (SSSR count). The highest BCUT2D eigenvalue weighted by Crippen LogP contribution is 2.20. The van der Waals surface area contributed by atoms with Crippen LogP contribution in [0, 0.1) is 0 Å². The SMILES string of the molecule is CCCCCCNc1ccccc1S(C)(=O)=O. The zero-order valence-corrected chi connectivity index (χ0v) is 11.4. The van der Waals surface area contributed by atoms with Crippen LogP contribution in [0.5, 0.6) is 0 Å². The summed E-state index contributed by atoms with van der Waals surface area (Å²) < 4.78 is 23.1. The van der Waals surface area contributed by atoms with E-state index in [2.05, 4.69) is 12.2 Å². The molecular formula is C13H21NO2S. The molecule has 0 amide bonds. The summed E-state index contributed by atoms with van der Waals surface area (Å²) in [7, 11) is -3.14. The van der Waals surface area contributed by atoms with Crippen molar-refractivity contribution in [2.75, 3.05) is 18.1 Å². The molecule has 0 aromatic heterocycles. The van der Waals surface area contributed by atoms with E-state index in [0.29, 0.717) is 10.6 Å². The fourth-order valence-corrected chi connectivity index (χ4v) is 2.58. The Hall–Kier alpha value is -1.03. The third-order valence-electron chi connectivity index (χ3n) is 2.63. The molecule has 0 saturated carbocycles. The van der Waals surface area contributed by atoms with Gasteiger partial charge in [-0.1, -0.05) is 38.3 Å². The average Bonchev–Trinajstić information content (AvgIpc) is 2.28. The van der Waals surface area contributed by atoms with Crippen molar-refractivity contribution in [1.82, 2.24) is 0 Å². The topological polar surface area (TPSA) is 46.2 Å². The number of rotatable bonds is 7. The van der Waals surface area contributed by atoms with Crippen molar-refractivity contribution in [3.05, 3.63) is 24.3 Å². The summed E-state index contributed by atoms with van der Waals surface area (Å²) in [5.74, 6) is 0. The third kappa shape index (κ3) is 4.77. The van der Waals surface area contributed by atoms with Crippen LogP contribution in [-0.4, -0.2) is 21.2 Å². The molecular weight excluding hydrogens is 234 g/mol. The van der Waals surface area contributed by atoms with Gasteiger partial charge < -0.3 is 5.32 Å². The lowest BCUT2D eigenvalue weighted by atomic mass is 10.2. The highest BCUT2D eigenvalue weighted by Gasteiger charge is 2.11. The molecule has 17 heavy (non-hydrogen) atoms. The van der Waals surface area contributed by atoms with Crippen molar-refractivity contribution < 1.29 is 8.42 Å². The van der Waals surface area contributed by atoms with E-state index in [0.717, 1.165) is 13.0 Å². The summed E-state index contributed by atoms with van der Waals surface area (Å²) >= 11 is 0. The monoisotopic (exact) mass is 255 g/mol. The molecule has 0 atom stereocenters. The van der Waals surface area contributed by atoms with Gasteiger partial charge in [-0.05, 0) is 18.6 Å². The van der Waals surface area contributed by atoms with E-state index < -0.39 is 9.84 Å². The van der Waals surface area contributed by atoms with Crippen molar-refractivity contribution in [2.45, 2.75) is 37.5 Å². The third-order valence-corrected chi connectivity index (χ3v) is 3.79. The van der Waals surface area contributed by atoms with E-state index in [1.807, 2.05) is 12.1 Å². The lowest BCUT2D eigenvalue weighted by Gasteiger charge is -2.10. The Kier molecular flexibility index (Phi) is 5.48. The summed E-state index contributed by atoms with van der Waals surface area (Å²) in [6.45, 7) is 3.00. The summed E-state index contributed by atoms with van der Waals surface area (Å²) in [5.41, 5.74) is 0.714. The van der Waals surface area contributed by atoms with Crippen LogP contribution in [0.15, 0.2) is 29.2 Å². The Morgan fingerprint density at radius 2 is 1.82 bits per heavy atom. The van der Waals surface area contributed by atoms with Crippen LogP contribution in [0.2, 0.25) is 0 Å². The Labute approximate surface area is 104 Å². The molecule has 1 N–H and O–H groups in total. The van der Waals surface area contributed by atoms with E-state index in [1.165, 1.54) is 25.5 Å². The molecule has 0 aliphatic rings. The van der Waals surface area contributed by atoms with E-state index in [1.54, 1.807) is 12.1 Å². The lowest BCUT2D eigenvalue weighted by molar-refractivity contribution is 0.602. The second-order valence-electron chi connectivity index (χ2n) is 4.26. The Balaban J connectivity index is 2.59. The smallest absolute Gasteiger partial charge is 0.177 e. The molecule has 0 bridgehead atoms. The van der Waals surface area contributed by atoms with Crippen LogP contribution in [0.1, 0.15) is 32.6 Å². The standard InChI is InChI=1S/C13H21NO2S/c1-3-4-5-8-11-14-12-9-6-7-10-13(12)17(2,15)16/h6-7,9-10,14H,3-5,8,11H2,1-2H3. The maximum atomic E-state index is 11.5. The fourth-order valence-electron chi connectivity index (χ4n) is 1.71. The number of sulfone groups is 1. The molecule has 0 heterocycles. The second kappa shape index (κ2) is 6.64. The molecule has 0 fully saturated rings. The Bertz CT molecular complexity index is 440. The Morgan fingerprint density at radius 3 is 2.47 bits per heavy atom. The second-order valence-corrected chi connectivity index (χ2v) is 6.24. The molecule has 96 valence electrons. The molecule has 4 heteroatoms. The summed E-state index contributed by atoms with van der Waals surface area (Å²) in [4.78, 5) is 0.385. The van der Waals surface area contributed by atoms with Crippen LogP contribution in [0.25, 0.3) is 0 Å². The number of nitrogens with one attached hydrogen (secondary N) is 1. The Morgan fingerprint density at radius 1 is 1.12 bits per heavy atom. The molecule has 0 aliphatic heterocycles. The van der Waals surface area contributed by atoms with Gasteiger partial charge in [-0.3, -0.25) is 0 Å². The van der Waals surface area contributed by atoms with Gasteiger partial charge >= 0.3 is 0 Å². The van der Waals surface area contributed by atoms with Gasteiger partial charge in [0.05, 0.1) is 10.6 Å². The average molecular weight is 255 g/mol. The minimum absolute atomic E-state index is 0.385. The highest BCUT2D eigenvalue weighted by molar-refractivity contribution is 7.90. The maximum Gasteiger partial charge on any atom is 0.177 e. The first-order valence-electron chi connectivity index (χ1n) is 6.08. The van der Waals surface area contributed by atoms with E-state index in [4.69, 9.17) is 0 Å². The van der Waals surface area contributed by atoms with Crippen LogP contribution in [0.4, 0.5) is 5.69 Å². The number of para-hydroxylation sites is 1. The van der Waals surface area contributed by atoms with Crippen molar-refractivity contribution in [1.29, 1.82) is 0 Å². The predicted molar refractivity (Wildman–Crippen MR) is 72.2 cm³/mol. The van der Waals surface area contributed by atoms with Crippen molar-refractivity contribution >= 4 is 15.5 Å². The van der Waals surface area contributed by atoms with Gasteiger partial charge in [0.1, 0.15) is 0 Å². The van der Waals surface area contributed by atoms with Crippen LogP contribution >= 0.6 is 0 Å². The molecule has 0 spiro atoms. The van der Waals surface area contributed by atoms with Gasteiger partial charge in [-0.25, -0.2) is 8.42 Å². The minimum Gasteiger partial charge on any atom is -0.384 e.